The number of carboxylic acid groups (broad SMARTS) is 1. The Balaban J connectivity index is 1.74. The molecule has 3 rings (SSSR count). The third kappa shape index (κ3) is 3.55. The first-order valence-corrected chi connectivity index (χ1v) is 9.97. The number of carboxylic acids is 1. The van der Waals surface area contributed by atoms with Gasteiger partial charge < -0.3 is 5.11 Å². The first kappa shape index (κ1) is 17.9. The summed E-state index contributed by atoms with van der Waals surface area (Å²) in [4.78, 5) is 13.5. The van der Waals surface area contributed by atoms with Crippen LogP contribution in [-0.4, -0.2) is 60.1 Å². The van der Waals surface area contributed by atoms with Crippen molar-refractivity contribution in [3.8, 4) is 0 Å². The van der Waals surface area contributed by atoms with Crippen molar-refractivity contribution in [3.05, 3.63) is 33.8 Å². The Labute approximate surface area is 151 Å². The molecule has 0 aromatic heterocycles. The Morgan fingerprint density at radius 3 is 2.25 bits per heavy atom. The summed E-state index contributed by atoms with van der Waals surface area (Å²) in [5, 5.41) is 10.0. The van der Waals surface area contributed by atoms with Gasteiger partial charge in [-0.05, 0) is 30.5 Å². The fourth-order valence-corrected chi connectivity index (χ4v) is 5.12. The summed E-state index contributed by atoms with van der Waals surface area (Å²) in [6, 6.07) is 3.89. The zero-order valence-electron chi connectivity index (χ0n) is 12.9. The van der Waals surface area contributed by atoms with E-state index in [-0.39, 0.29) is 5.25 Å². The van der Waals surface area contributed by atoms with E-state index in [1.54, 1.807) is 23.1 Å². The summed E-state index contributed by atoms with van der Waals surface area (Å²) in [7, 11) is -3.21. The molecule has 1 aromatic carbocycles. The maximum absolute atomic E-state index is 12.3. The predicted molar refractivity (Wildman–Crippen MR) is 91.9 cm³/mol. The van der Waals surface area contributed by atoms with Gasteiger partial charge in [0.25, 0.3) is 0 Å². The molecule has 9 heteroatoms. The molecule has 1 saturated carbocycles. The van der Waals surface area contributed by atoms with Crippen LogP contribution in [0.25, 0.3) is 0 Å². The molecule has 1 unspecified atom stereocenters. The van der Waals surface area contributed by atoms with Crippen molar-refractivity contribution in [2.24, 2.45) is 0 Å². The monoisotopic (exact) mass is 392 g/mol. The highest BCUT2D eigenvalue weighted by Crippen LogP contribution is 2.33. The highest BCUT2D eigenvalue weighted by atomic mass is 35.5. The van der Waals surface area contributed by atoms with Gasteiger partial charge in [-0.15, -0.1) is 0 Å². The number of nitrogens with zero attached hydrogens (tertiary/aromatic N) is 2. The molecule has 1 atom stereocenters. The van der Waals surface area contributed by atoms with Crippen molar-refractivity contribution in [1.82, 2.24) is 9.21 Å². The van der Waals surface area contributed by atoms with Gasteiger partial charge in [0.05, 0.1) is 15.3 Å². The first-order chi connectivity index (χ1) is 11.3. The lowest BCUT2D eigenvalue weighted by Gasteiger charge is -2.37. The van der Waals surface area contributed by atoms with Gasteiger partial charge in [-0.3, -0.25) is 9.69 Å². The summed E-state index contributed by atoms with van der Waals surface area (Å²) in [5.74, 6) is -0.994. The summed E-state index contributed by atoms with van der Waals surface area (Å²) in [6.45, 7) is 1.35. The Bertz CT molecular complexity index is 744. The minimum Gasteiger partial charge on any atom is -0.480 e. The molecule has 1 heterocycles. The molecule has 1 N–H and O–H groups in total. The lowest BCUT2D eigenvalue weighted by molar-refractivity contribution is -0.144. The summed E-state index contributed by atoms with van der Waals surface area (Å²) in [6.07, 6.45) is 1.45. The highest BCUT2D eigenvalue weighted by Gasteiger charge is 2.42. The number of sulfonamides is 1. The van der Waals surface area contributed by atoms with Crippen LogP contribution in [0.3, 0.4) is 0 Å². The minimum atomic E-state index is -3.21. The molecule has 2 aliphatic rings. The van der Waals surface area contributed by atoms with Crippen LogP contribution in [0, 0.1) is 0 Å². The van der Waals surface area contributed by atoms with Crippen LogP contribution in [0.2, 0.25) is 10.0 Å². The van der Waals surface area contributed by atoms with Crippen LogP contribution in [0.1, 0.15) is 24.4 Å². The van der Waals surface area contributed by atoms with Crippen LogP contribution in [-0.2, 0) is 14.8 Å². The molecule has 0 radical (unpaired) electrons. The number of benzene rings is 1. The van der Waals surface area contributed by atoms with Gasteiger partial charge >= 0.3 is 5.97 Å². The van der Waals surface area contributed by atoms with Gasteiger partial charge in [-0.2, -0.15) is 4.31 Å². The third-order valence-electron chi connectivity index (χ3n) is 4.44. The van der Waals surface area contributed by atoms with Gasteiger partial charge in [0.15, 0.2) is 0 Å². The predicted octanol–water partition coefficient (Wildman–Crippen LogP) is 2.23. The van der Waals surface area contributed by atoms with E-state index < -0.39 is 22.0 Å². The first-order valence-electron chi connectivity index (χ1n) is 7.71. The van der Waals surface area contributed by atoms with E-state index in [0.717, 1.165) is 12.8 Å². The minimum absolute atomic E-state index is 0.241. The third-order valence-corrected chi connectivity index (χ3v) is 7.58. The summed E-state index contributed by atoms with van der Waals surface area (Å²) >= 11 is 11.9. The van der Waals surface area contributed by atoms with Gasteiger partial charge in [-0.25, -0.2) is 8.42 Å². The highest BCUT2D eigenvalue weighted by molar-refractivity contribution is 7.90. The van der Waals surface area contributed by atoms with Crippen molar-refractivity contribution in [3.63, 3.8) is 0 Å². The smallest absolute Gasteiger partial charge is 0.325 e. The van der Waals surface area contributed by atoms with E-state index in [0.29, 0.717) is 41.8 Å². The molecule has 24 heavy (non-hydrogen) atoms. The second-order valence-corrected chi connectivity index (χ2v) is 9.12. The van der Waals surface area contributed by atoms with E-state index in [2.05, 4.69) is 0 Å². The van der Waals surface area contributed by atoms with E-state index in [4.69, 9.17) is 23.2 Å². The number of halogens is 2. The Hall–Kier alpha value is -0.860. The van der Waals surface area contributed by atoms with Crippen LogP contribution in [0.4, 0.5) is 0 Å². The van der Waals surface area contributed by atoms with Gasteiger partial charge in [0.1, 0.15) is 6.04 Å². The van der Waals surface area contributed by atoms with E-state index >= 15 is 0 Å². The van der Waals surface area contributed by atoms with Gasteiger partial charge in [0, 0.05) is 26.2 Å². The molecule has 2 fully saturated rings. The lowest BCUT2D eigenvalue weighted by atomic mass is 10.0. The average Bonchev–Trinajstić information content (AvgIpc) is 3.36. The van der Waals surface area contributed by atoms with E-state index in [1.807, 2.05) is 0 Å². The molecule has 6 nitrogen and oxygen atoms in total. The number of rotatable bonds is 5. The maximum Gasteiger partial charge on any atom is 0.325 e. The topological polar surface area (TPSA) is 77.9 Å². The number of piperazine rings is 1. The molecule has 1 aliphatic heterocycles. The molecular formula is C15H18Cl2N2O4S. The lowest BCUT2D eigenvalue weighted by Crippen LogP contribution is -2.51. The standard InChI is InChI=1S/C15H18Cl2N2O4S/c16-12-4-1-10(9-13(12)17)14(15(20)21)18-5-7-19(8-6-18)24(22,23)11-2-3-11/h1,4,9,11,14H,2-3,5-8H2,(H,20,21). The molecule has 0 bridgehead atoms. The van der Waals surface area contributed by atoms with Crippen LogP contribution < -0.4 is 0 Å². The Kier molecular flexibility index (Phi) is 5.09. The van der Waals surface area contributed by atoms with Crippen LogP contribution in [0.5, 0.6) is 0 Å². The normalized spacial score (nSPS) is 21.6. The van der Waals surface area contributed by atoms with Crippen molar-refractivity contribution in [1.29, 1.82) is 0 Å². The van der Waals surface area contributed by atoms with Crippen molar-refractivity contribution >= 4 is 39.2 Å². The van der Waals surface area contributed by atoms with E-state index in [1.165, 1.54) is 4.31 Å². The molecule has 132 valence electrons. The zero-order valence-corrected chi connectivity index (χ0v) is 15.2. The number of aliphatic carboxylic acids is 1. The summed E-state index contributed by atoms with van der Waals surface area (Å²) in [5.41, 5.74) is 0.537. The quantitative estimate of drug-likeness (QED) is 0.830. The average molecular weight is 393 g/mol. The zero-order chi connectivity index (χ0) is 17.5. The molecule has 0 spiro atoms. The Morgan fingerprint density at radius 1 is 1.12 bits per heavy atom. The largest absolute Gasteiger partial charge is 0.480 e. The second-order valence-electron chi connectivity index (χ2n) is 6.09. The molecule has 1 aromatic rings. The maximum atomic E-state index is 12.3. The van der Waals surface area contributed by atoms with Crippen molar-refractivity contribution in [2.45, 2.75) is 24.1 Å². The molecule has 1 saturated heterocycles. The SMILES string of the molecule is O=C(O)C(c1ccc(Cl)c(Cl)c1)N1CCN(S(=O)(=O)C2CC2)CC1. The molecular weight excluding hydrogens is 375 g/mol. The van der Waals surface area contributed by atoms with Gasteiger partial charge in [0.2, 0.25) is 10.0 Å². The molecule has 1 aliphatic carbocycles. The van der Waals surface area contributed by atoms with Gasteiger partial charge in [-0.1, -0.05) is 29.3 Å². The Morgan fingerprint density at radius 2 is 1.75 bits per heavy atom. The van der Waals surface area contributed by atoms with Crippen molar-refractivity contribution < 1.29 is 18.3 Å². The summed E-state index contributed by atoms with van der Waals surface area (Å²) < 4.78 is 26.0. The van der Waals surface area contributed by atoms with E-state index in [9.17, 15) is 18.3 Å². The number of hydrogen-bond donors (Lipinski definition) is 1. The van der Waals surface area contributed by atoms with Crippen LogP contribution >= 0.6 is 23.2 Å². The second kappa shape index (κ2) is 6.80. The number of hydrogen-bond acceptors (Lipinski definition) is 4. The number of carbonyl (C=O) groups is 1. The fourth-order valence-electron chi connectivity index (χ4n) is 2.99. The molecule has 0 amide bonds. The fraction of sp³-hybridized carbons (Fsp3) is 0.533. The van der Waals surface area contributed by atoms with Crippen LogP contribution in [0.15, 0.2) is 18.2 Å². The van der Waals surface area contributed by atoms with Crippen molar-refractivity contribution in [2.75, 3.05) is 26.2 Å².